The number of nitrogens with zero attached hydrogens (tertiary/aromatic N) is 4. The summed E-state index contributed by atoms with van der Waals surface area (Å²) in [4.78, 5) is 33.5. The number of likely N-dealkylation sites (N-methyl/N-ethyl adjacent to an activating group) is 1. The number of fused-ring (bicyclic) bond motifs is 1. The summed E-state index contributed by atoms with van der Waals surface area (Å²) in [5.41, 5.74) is -9.75. The first-order chi connectivity index (χ1) is 30.4. The van der Waals surface area contributed by atoms with E-state index in [1.165, 1.54) is 0 Å². The number of rotatable bonds is 13. The van der Waals surface area contributed by atoms with Crippen molar-refractivity contribution in [2.45, 2.75) is 70.1 Å². The first-order valence-corrected chi connectivity index (χ1v) is 15.2. The molecule has 1 aliphatic rings. The van der Waals surface area contributed by atoms with Gasteiger partial charge in [0.2, 0.25) is 5.91 Å². The number of thioether (sulfide) groups is 1. The number of hydrogen-bond donors (Lipinski definition) is 0. The van der Waals surface area contributed by atoms with Crippen LogP contribution in [0.4, 0.5) is 17.6 Å². The molecule has 0 aliphatic heterocycles. The smallest absolute Gasteiger partial charge is 0.336 e. The van der Waals surface area contributed by atoms with Gasteiger partial charge in [0.05, 0.1) is 23.4 Å². The second-order valence-corrected chi connectivity index (χ2v) is 11.0. The molecule has 11 heteroatoms. The van der Waals surface area contributed by atoms with Gasteiger partial charge in [-0.2, -0.15) is 18.2 Å². The Kier molecular flexibility index (Phi) is 5.86. The predicted molar refractivity (Wildman–Crippen MR) is 181 cm³/mol. The average Bonchev–Trinajstić information content (AvgIpc) is 3.68. The highest BCUT2D eigenvalue weighted by molar-refractivity contribution is 7.98. The fraction of sp³-hybridized carbons (Fsp3) is 0.378. The van der Waals surface area contributed by atoms with E-state index in [1.54, 1.807) is 0 Å². The van der Waals surface area contributed by atoms with Crippen LogP contribution in [0.15, 0.2) is 76.4 Å². The van der Waals surface area contributed by atoms with E-state index in [1.807, 2.05) is 0 Å². The molecule has 1 heterocycles. The third-order valence-corrected chi connectivity index (χ3v) is 7.95. The van der Waals surface area contributed by atoms with Crippen molar-refractivity contribution in [3.05, 3.63) is 116 Å². The lowest BCUT2D eigenvalue weighted by atomic mass is 9.98. The van der Waals surface area contributed by atoms with Crippen LogP contribution in [0.25, 0.3) is 11.1 Å². The molecule has 0 bridgehead atoms. The highest BCUT2D eigenvalue weighted by atomic mass is 32.2. The normalized spacial score (nSPS) is 19.7. The molecule has 0 spiro atoms. The Morgan fingerprint density at radius 2 is 1.69 bits per heavy atom. The quantitative estimate of drug-likeness (QED) is 0.0821. The van der Waals surface area contributed by atoms with Gasteiger partial charge in [0.15, 0.2) is 5.16 Å². The van der Waals surface area contributed by atoms with E-state index in [0.29, 0.717) is 14.4 Å². The van der Waals surface area contributed by atoms with Crippen LogP contribution in [0, 0.1) is 12.7 Å². The summed E-state index contributed by atoms with van der Waals surface area (Å²) in [5, 5.41) is -0.869. The summed E-state index contributed by atoms with van der Waals surface area (Å²) in [6.07, 6.45) is -5.22. The molecule has 0 saturated carbocycles. The largest absolute Gasteiger partial charge is 0.416 e. The fourth-order valence-corrected chi connectivity index (χ4v) is 5.38. The molecular weight excluding hydrogens is 640 g/mol. The number of carbonyl (C=O) groups is 1. The Morgan fingerprint density at radius 3 is 2.35 bits per heavy atom. The Bertz CT molecular complexity index is 2660. The highest BCUT2D eigenvalue weighted by Gasteiger charge is 2.30. The van der Waals surface area contributed by atoms with Crippen LogP contribution >= 0.6 is 11.8 Å². The van der Waals surface area contributed by atoms with Gasteiger partial charge in [0.25, 0.3) is 5.56 Å². The summed E-state index contributed by atoms with van der Waals surface area (Å²) < 4.78 is 218. The van der Waals surface area contributed by atoms with Crippen LogP contribution in [-0.4, -0.2) is 51.3 Å². The lowest BCUT2D eigenvalue weighted by molar-refractivity contribution is -0.137. The number of amides is 1. The Balaban J connectivity index is 1.73. The molecule has 1 amide bonds. The molecule has 0 saturated heterocycles. The highest BCUT2D eigenvalue weighted by Crippen LogP contribution is 2.32. The predicted octanol–water partition coefficient (Wildman–Crippen LogP) is 7.53. The van der Waals surface area contributed by atoms with E-state index < -0.39 is 168 Å². The zero-order chi connectivity index (χ0) is 51.2. The monoisotopic (exact) mass is 699 g/mol. The minimum absolute atomic E-state index is 0.0178. The van der Waals surface area contributed by atoms with E-state index >= 15 is 0 Å². The van der Waals surface area contributed by atoms with Crippen LogP contribution < -0.4 is 5.56 Å². The van der Waals surface area contributed by atoms with E-state index in [0.717, 1.165) is 20.8 Å². The van der Waals surface area contributed by atoms with Crippen LogP contribution in [0.5, 0.6) is 0 Å². The number of carbonyl (C=O) groups excluding carboxylic acids is 1. The molecule has 6 nitrogen and oxygen atoms in total. The molecule has 4 aromatic rings. The average molecular weight is 700 g/mol. The summed E-state index contributed by atoms with van der Waals surface area (Å²) in [6, 6.07) is -13.2. The van der Waals surface area contributed by atoms with E-state index in [2.05, 4.69) is 4.98 Å². The Labute approximate surface area is 309 Å². The van der Waals surface area contributed by atoms with Crippen molar-refractivity contribution < 1.29 is 48.4 Å². The Morgan fingerprint density at radius 1 is 1.00 bits per heavy atom. The van der Waals surface area contributed by atoms with Crippen molar-refractivity contribution in [2.75, 3.05) is 26.1 Å². The van der Waals surface area contributed by atoms with E-state index in [9.17, 15) is 29.9 Å². The van der Waals surface area contributed by atoms with Gasteiger partial charge in [0.1, 0.15) is 12.3 Å². The summed E-state index contributed by atoms with van der Waals surface area (Å²) >= 11 is -0.104. The SMILES string of the molecule is [2H]c1c([2H])c(C([2H])([2H])Sc2nc(=O)c3c(n2C([2H])([2H])C(=O)N(CCN(C([2H])([2H])C)C([2H])([2H])C)Cc2c([2H])c([2H])c(-c4c([2H])c([2H])c(C(F)(F)F)c([2H])c4[2H])c([2H])c2C)CCC3)c([2H])c([2H])c1F. The van der Waals surface area contributed by atoms with Gasteiger partial charge in [-0.3, -0.25) is 9.59 Å². The van der Waals surface area contributed by atoms with Gasteiger partial charge >= 0.3 is 6.18 Å². The lowest BCUT2D eigenvalue weighted by Gasteiger charge is -2.28. The first kappa shape index (κ1) is 18.2. The van der Waals surface area contributed by atoms with E-state index in [4.69, 9.17) is 23.3 Å². The van der Waals surface area contributed by atoms with Gasteiger partial charge in [-0.15, -0.1) is 0 Å². The third kappa shape index (κ3) is 8.54. The minimum atomic E-state index is -5.34. The molecule has 0 fully saturated rings. The lowest BCUT2D eigenvalue weighted by Crippen LogP contribution is -2.40. The van der Waals surface area contributed by atoms with Crippen molar-refractivity contribution in [1.82, 2.24) is 19.4 Å². The maximum Gasteiger partial charge on any atom is 0.416 e. The second kappa shape index (κ2) is 15.5. The van der Waals surface area contributed by atoms with Gasteiger partial charge in [-0.1, -0.05) is 67.9 Å². The summed E-state index contributed by atoms with van der Waals surface area (Å²) in [5.74, 6) is -3.20. The van der Waals surface area contributed by atoms with Gasteiger partial charge in [-0.25, -0.2) is 4.39 Å². The van der Waals surface area contributed by atoms with Gasteiger partial charge in [0, 0.05) is 44.8 Å². The number of aromatic nitrogens is 2. The summed E-state index contributed by atoms with van der Waals surface area (Å²) in [7, 11) is 0. The zero-order valence-corrected chi connectivity index (χ0v) is 26.6. The molecule has 0 radical (unpaired) electrons. The van der Waals surface area contributed by atoms with Crippen molar-refractivity contribution in [2.24, 2.45) is 0 Å². The molecule has 0 atom stereocenters. The number of hydrogen-bond acceptors (Lipinski definition) is 5. The van der Waals surface area contributed by atoms with Crippen LogP contribution in [-0.2, 0) is 42.6 Å². The van der Waals surface area contributed by atoms with Gasteiger partial charge < -0.3 is 14.4 Å². The van der Waals surface area contributed by atoms with E-state index in [-0.39, 0.29) is 47.8 Å². The first-order valence-electron chi connectivity index (χ1n) is 23.9. The van der Waals surface area contributed by atoms with Crippen LogP contribution in [0.2, 0.25) is 0 Å². The van der Waals surface area contributed by atoms with Crippen LogP contribution in [0.1, 0.15) is 79.8 Å². The third-order valence-electron chi connectivity index (χ3n) is 7.18. The minimum Gasteiger partial charge on any atom is -0.336 e. The van der Waals surface area contributed by atoms with Crippen LogP contribution in [0.3, 0.4) is 0 Å². The topological polar surface area (TPSA) is 58.4 Å². The van der Waals surface area contributed by atoms with Crippen molar-refractivity contribution in [3.8, 4) is 11.1 Å². The van der Waals surface area contributed by atoms with Crippen molar-refractivity contribution in [1.29, 1.82) is 0 Å². The molecule has 0 unspecified atom stereocenters. The van der Waals surface area contributed by atoms with Gasteiger partial charge in [-0.05, 0) is 91.2 Å². The Hall–Kier alpha value is -3.96. The number of halogens is 4. The molecule has 1 aliphatic carbocycles. The molecule has 254 valence electrons. The number of alkyl halides is 3. The van der Waals surface area contributed by atoms with Crippen molar-refractivity contribution in [3.63, 3.8) is 0 Å². The maximum absolute atomic E-state index is 15.0. The standard InChI is InChI=1S/C37H40F4N4O2S/c1-4-43(5-2)19-20-44(22-29-12-11-28(21-25(29)3)27-13-15-30(16-14-27)37(39,40)41)34(46)23-45-33-8-6-7-32(33)35(47)42-36(45)48-24-26-9-17-31(38)18-10-26/h9-18,21H,4-8,19-20,22-24H2,1-3H3/i4D2,5D2,9D,10D,11D,12D,13D,14D,15D,16D,17D,18D,21D,23D2,24D2. The molecule has 0 N–H and O–H groups in total. The molecule has 3 aromatic carbocycles. The molecule has 5 rings (SSSR count). The van der Waals surface area contributed by atoms with Crippen molar-refractivity contribution >= 4 is 17.7 Å². The molecular formula is C37H40F4N4O2S. The zero-order valence-electron chi connectivity index (χ0n) is 44.8. The fourth-order valence-electron chi connectivity index (χ4n) is 4.71. The number of benzene rings is 3. The summed E-state index contributed by atoms with van der Waals surface area (Å²) in [6.45, 7) is -7.72. The molecule has 48 heavy (non-hydrogen) atoms. The maximum atomic E-state index is 15.0. The second-order valence-electron chi connectivity index (χ2n) is 10.2. The molecule has 1 aromatic heterocycles.